The predicted molar refractivity (Wildman–Crippen MR) is 132 cm³/mol. The number of carbonyl (C=O) groups is 1. The third-order valence-corrected chi connectivity index (χ3v) is 5.16. The smallest absolute Gasteiger partial charge is 0.257 e. The zero-order valence-electron chi connectivity index (χ0n) is 18.4. The van der Waals surface area contributed by atoms with E-state index in [1.54, 1.807) is 19.2 Å². The molecule has 166 valence electrons. The van der Waals surface area contributed by atoms with Crippen molar-refractivity contribution in [1.29, 1.82) is 0 Å². The molecule has 0 radical (unpaired) electrons. The number of rotatable bonds is 9. The molecule has 0 aliphatic heterocycles. The summed E-state index contributed by atoms with van der Waals surface area (Å²) in [4.78, 5) is 12.5. The lowest BCUT2D eigenvalue weighted by atomic mass is 10.0. The molecular weight excluding hydrogens is 420 g/mol. The Hall–Kier alpha value is -3.38. The Bertz CT molecular complexity index is 1040. The first kappa shape index (κ1) is 23.3. The van der Waals surface area contributed by atoms with Crippen LogP contribution in [0.2, 0.25) is 0 Å². The van der Waals surface area contributed by atoms with Gasteiger partial charge in [0.25, 0.3) is 5.91 Å². The van der Waals surface area contributed by atoms with Gasteiger partial charge in [0.15, 0.2) is 16.6 Å². The molecule has 0 heterocycles. The van der Waals surface area contributed by atoms with Gasteiger partial charge in [-0.05, 0) is 59.6 Å². The van der Waals surface area contributed by atoms with Crippen LogP contribution in [0.15, 0.2) is 72.8 Å². The van der Waals surface area contributed by atoms with Gasteiger partial charge >= 0.3 is 0 Å². The molecule has 0 bridgehead atoms. The largest absolute Gasteiger partial charge is 0.493 e. The second-order valence-electron chi connectivity index (χ2n) is 7.27. The molecule has 0 aliphatic carbocycles. The minimum Gasteiger partial charge on any atom is -0.493 e. The Labute approximate surface area is 194 Å². The van der Waals surface area contributed by atoms with Gasteiger partial charge in [-0.25, -0.2) is 0 Å². The fourth-order valence-electron chi connectivity index (χ4n) is 3.11. The van der Waals surface area contributed by atoms with Crippen LogP contribution in [0.1, 0.15) is 35.7 Å². The molecule has 32 heavy (non-hydrogen) atoms. The van der Waals surface area contributed by atoms with Crippen LogP contribution in [-0.4, -0.2) is 24.7 Å². The molecule has 0 aromatic heterocycles. The quantitative estimate of drug-likeness (QED) is 0.342. The van der Waals surface area contributed by atoms with Crippen molar-refractivity contribution >= 4 is 23.2 Å². The van der Waals surface area contributed by atoms with Gasteiger partial charge < -0.3 is 14.8 Å². The van der Waals surface area contributed by atoms with Gasteiger partial charge in [-0.1, -0.05) is 61.9 Å². The van der Waals surface area contributed by atoms with E-state index in [2.05, 4.69) is 17.6 Å². The third kappa shape index (κ3) is 6.56. The lowest BCUT2D eigenvalue weighted by Crippen LogP contribution is -2.38. The number of thiocarbonyl (C=S) groups is 1. The van der Waals surface area contributed by atoms with Gasteiger partial charge in [0.05, 0.1) is 13.7 Å². The van der Waals surface area contributed by atoms with Crippen molar-refractivity contribution < 1.29 is 14.3 Å². The Morgan fingerprint density at radius 1 is 0.938 bits per heavy atom. The van der Waals surface area contributed by atoms with E-state index in [1.807, 2.05) is 60.7 Å². The number of nitrogens with one attached hydrogen (secondary N) is 2. The number of hydrogen-bond acceptors (Lipinski definition) is 4. The van der Waals surface area contributed by atoms with Gasteiger partial charge in [0, 0.05) is 12.1 Å². The molecule has 3 aromatic carbocycles. The Kier molecular flexibility index (Phi) is 8.63. The van der Waals surface area contributed by atoms with Crippen LogP contribution in [0.5, 0.6) is 11.5 Å². The van der Waals surface area contributed by atoms with Crippen molar-refractivity contribution in [3.05, 3.63) is 83.9 Å². The van der Waals surface area contributed by atoms with E-state index in [1.165, 1.54) is 0 Å². The standard InChI is InChI=1S/C26H28N2O3S/c1-3-4-16-31-23-15-10-19(17-24(23)30-2)18-27-26(32)28-25(29)22-13-11-21(12-14-22)20-8-6-5-7-9-20/h5-15,17H,3-4,16,18H2,1-2H3,(H2,27,28,29,32). The first-order valence-electron chi connectivity index (χ1n) is 10.6. The zero-order chi connectivity index (χ0) is 22.8. The molecule has 6 heteroatoms. The molecule has 0 saturated carbocycles. The lowest BCUT2D eigenvalue weighted by Gasteiger charge is -2.13. The molecule has 0 unspecified atom stereocenters. The van der Waals surface area contributed by atoms with Crippen molar-refractivity contribution in [1.82, 2.24) is 10.6 Å². The van der Waals surface area contributed by atoms with E-state index in [4.69, 9.17) is 21.7 Å². The molecule has 3 aromatic rings. The maximum atomic E-state index is 12.5. The number of methoxy groups -OCH3 is 1. The number of benzene rings is 3. The van der Waals surface area contributed by atoms with E-state index < -0.39 is 0 Å². The van der Waals surface area contributed by atoms with Crippen LogP contribution in [0.3, 0.4) is 0 Å². The fourth-order valence-corrected chi connectivity index (χ4v) is 3.28. The number of hydrogen-bond donors (Lipinski definition) is 2. The van der Waals surface area contributed by atoms with Crippen molar-refractivity contribution in [2.75, 3.05) is 13.7 Å². The van der Waals surface area contributed by atoms with Crippen LogP contribution >= 0.6 is 12.2 Å². The van der Waals surface area contributed by atoms with Gasteiger partial charge in [-0.2, -0.15) is 0 Å². The van der Waals surface area contributed by atoms with Crippen molar-refractivity contribution in [3.8, 4) is 22.6 Å². The third-order valence-electron chi connectivity index (χ3n) is 4.92. The van der Waals surface area contributed by atoms with Crippen LogP contribution < -0.4 is 20.1 Å². The first-order chi connectivity index (χ1) is 15.6. The second kappa shape index (κ2) is 11.9. The monoisotopic (exact) mass is 448 g/mol. The first-order valence-corrected chi connectivity index (χ1v) is 11.1. The normalized spacial score (nSPS) is 10.3. The predicted octanol–water partition coefficient (Wildman–Crippen LogP) is 5.35. The molecule has 5 nitrogen and oxygen atoms in total. The summed E-state index contributed by atoms with van der Waals surface area (Å²) >= 11 is 5.29. The van der Waals surface area contributed by atoms with E-state index in [9.17, 15) is 4.79 Å². The highest BCUT2D eigenvalue weighted by molar-refractivity contribution is 7.80. The molecule has 3 rings (SSSR count). The minimum absolute atomic E-state index is 0.251. The summed E-state index contributed by atoms with van der Waals surface area (Å²) in [7, 11) is 1.62. The van der Waals surface area contributed by atoms with Crippen LogP contribution in [0.4, 0.5) is 0 Å². The van der Waals surface area contributed by atoms with Crippen LogP contribution in [-0.2, 0) is 6.54 Å². The Morgan fingerprint density at radius 3 is 2.34 bits per heavy atom. The molecule has 1 amide bonds. The highest BCUT2D eigenvalue weighted by Crippen LogP contribution is 2.28. The summed E-state index contributed by atoms with van der Waals surface area (Å²) in [5.41, 5.74) is 3.67. The molecule has 0 aliphatic rings. The average molecular weight is 449 g/mol. The lowest BCUT2D eigenvalue weighted by molar-refractivity contribution is 0.0976. The number of ether oxygens (including phenoxy) is 2. The fraction of sp³-hybridized carbons (Fsp3) is 0.231. The zero-order valence-corrected chi connectivity index (χ0v) is 19.2. The van der Waals surface area contributed by atoms with E-state index in [0.29, 0.717) is 24.5 Å². The van der Waals surface area contributed by atoms with Crippen LogP contribution in [0, 0.1) is 0 Å². The SMILES string of the molecule is CCCCOc1ccc(CNC(=S)NC(=O)c2ccc(-c3ccccc3)cc2)cc1OC. The summed E-state index contributed by atoms with van der Waals surface area (Å²) < 4.78 is 11.2. The van der Waals surface area contributed by atoms with Crippen LogP contribution in [0.25, 0.3) is 11.1 Å². The second-order valence-corrected chi connectivity index (χ2v) is 7.68. The maximum Gasteiger partial charge on any atom is 0.257 e. The summed E-state index contributed by atoms with van der Waals surface area (Å²) in [5, 5.41) is 6.06. The van der Waals surface area contributed by atoms with Gasteiger partial charge in [0.2, 0.25) is 0 Å². The molecule has 0 spiro atoms. The number of carbonyl (C=O) groups excluding carboxylic acids is 1. The van der Waals surface area contributed by atoms with Gasteiger partial charge in [-0.3, -0.25) is 10.1 Å². The summed E-state index contributed by atoms with van der Waals surface area (Å²) in [6.07, 6.45) is 2.07. The molecule has 2 N–H and O–H groups in total. The van der Waals surface area contributed by atoms with Crippen molar-refractivity contribution in [2.24, 2.45) is 0 Å². The van der Waals surface area contributed by atoms with E-state index >= 15 is 0 Å². The molecular formula is C26H28N2O3S. The van der Waals surface area contributed by atoms with E-state index in [0.717, 1.165) is 35.3 Å². The summed E-state index contributed by atoms with van der Waals surface area (Å²) in [6.45, 7) is 3.24. The number of amides is 1. The summed E-state index contributed by atoms with van der Waals surface area (Å²) in [6, 6.07) is 23.2. The Morgan fingerprint density at radius 2 is 1.66 bits per heavy atom. The van der Waals surface area contributed by atoms with Crippen molar-refractivity contribution in [2.45, 2.75) is 26.3 Å². The summed E-state index contributed by atoms with van der Waals surface area (Å²) in [5.74, 6) is 1.15. The highest BCUT2D eigenvalue weighted by Gasteiger charge is 2.10. The molecule has 0 atom stereocenters. The number of unbranched alkanes of at least 4 members (excludes halogenated alkanes) is 1. The van der Waals surface area contributed by atoms with Crippen molar-refractivity contribution in [3.63, 3.8) is 0 Å². The molecule has 0 fully saturated rings. The maximum absolute atomic E-state index is 12.5. The Balaban J connectivity index is 1.52. The van der Waals surface area contributed by atoms with E-state index in [-0.39, 0.29) is 11.0 Å². The molecule has 0 saturated heterocycles. The van der Waals surface area contributed by atoms with Gasteiger partial charge in [-0.15, -0.1) is 0 Å². The highest BCUT2D eigenvalue weighted by atomic mass is 32.1. The minimum atomic E-state index is -0.251. The topological polar surface area (TPSA) is 59.6 Å². The van der Waals surface area contributed by atoms with Gasteiger partial charge in [0.1, 0.15) is 0 Å². The average Bonchev–Trinajstić information content (AvgIpc) is 2.84.